The Labute approximate surface area is 143 Å². The predicted octanol–water partition coefficient (Wildman–Crippen LogP) is 4.49. The lowest BCUT2D eigenvalue weighted by molar-refractivity contribution is 1.000. The van der Waals surface area contributed by atoms with Crippen LogP contribution >= 0.6 is 0 Å². The van der Waals surface area contributed by atoms with E-state index in [9.17, 15) is 0 Å². The van der Waals surface area contributed by atoms with Gasteiger partial charge in [-0.05, 0) is 37.5 Å². The Morgan fingerprint density at radius 1 is 0.875 bits per heavy atom. The van der Waals surface area contributed by atoms with Crippen LogP contribution in [-0.4, -0.2) is 16.5 Å². The van der Waals surface area contributed by atoms with Crippen LogP contribution < -0.4 is 10.6 Å². The fourth-order valence-corrected chi connectivity index (χ4v) is 2.59. The van der Waals surface area contributed by atoms with Crippen molar-refractivity contribution in [3.05, 3.63) is 77.6 Å². The molecule has 4 heteroatoms. The maximum absolute atomic E-state index is 4.30. The first-order valence-electron chi connectivity index (χ1n) is 8.15. The van der Waals surface area contributed by atoms with E-state index in [0.29, 0.717) is 0 Å². The average Bonchev–Trinajstić information content (AvgIpc) is 2.59. The van der Waals surface area contributed by atoms with E-state index >= 15 is 0 Å². The predicted molar refractivity (Wildman–Crippen MR) is 99.9 cm³/mol. The first-order chi connectivity index (χ1) is 11.7. The zero-order valence-corrected chi connectivity index (χ0v) is 14.1. The maximum Gasteiger partial charge on any atom is 0.135 e. The third-order valence-corrected chi connectivity index (χ3v) is 3.87. The molecule has 0 saturated heterocycles. The minimum atomic E-state index is 0.791. The summed E-state index contributed by atoms with van der Waals surface area (Å²) in [6.45, 7) is 5.02. The molecular weight excluding hydrogens is 296 g/mol. The fourth-order valence-electron chi connectivity index (χ4n) is 2.59. The molecule has 2 N–H and O–H groups in total. The van der Waals surface area contributed by atoms with Crippen molar-refractivity contribution in [1.82, 2.24) is 9.97 Å². The van der Waals surface area contributed by atoms with Gasteiger partial charge in [0.2, 0.25) is 0 Å². The summed E-state index contributed by atoms with van der Waals surface area (Å²) >= 11 is 0. The number of benzene rings is 2. The Bertz CT molecular complexity index is 800. The van der Waals surface area contributed by atoms with Crippen LogP contribution in [0.25, 0.3) is 0 Å². The van der Waals surface area contributed by atoms with Gasteiger partial charge in [-0.1, -0.05) is 48.0 Å². The number of hydrogen-bond donors (Lipinski definition) is 2. The molecule has 0 aliphatic carbocycles. The lowest BCUT2D eigenvalue weighted by Crippen LogP contribution is -2.07. The second-order valence-corrected chi connectivity index (χ2v) is 5.89. The van der Waals surface area contributed by atoms with Gasteiger partial charge in [0.1, 0.15) is 18.0 Å². The highest BCUT2D eigenvalue weighted by atomic mass is 15.1. The van der Waals surface area contributed by atoms with Crippen LogP contribution in [0.5, 0.6) is 0 Å². The molecule has 4 nitrogen and oxygen atoms in total. The Morgan fingerprint density at radius 2 is 1.67 bits per heavy atom. The van der Waals surface area contributed by atoms with E-state index < -0.39 is 0 Å². The summed E-state index contributed by atoms with van der Waals surface area (Å²) in [4.78, 5) is 8.59. The molecule has 0 aliphatic rings. The number of anilines is 3. The summed E-state index contributed by atoms with van der Waals surface area (Å²) in [6, 6.07) is 18.7. The molecule has 0 aliphatic heterocycles. The van der Waals surface area contributed by atoms with E-state index in [2.05, 4.69) is 76.9 Å². The van der Waals surface area contributed by atoms with Crippen LogP contribution in [0.15, 0.2) is 60.9 Å². The summed E-state index contributed by atoms with van der Waals surface area (Å²) < 4.78 is 0. The first-order valence-corrected chi connectivity index (χ1v) is 8.15. The molecule has 3 rings (SSSR count). The zero-order chi connectivity index (χ0) is 16.8. The third kappa shape index (κ3) is 4.32. The molecule has 24 heavy (non-hydrogen) atoms. The number of nitrogens with one attached hydrogen (secondary N) is 2. The van der Waals surface area contributed by atoms with Crippen LogP contribution in [0.3, 0.4) is 0 Å². The van der Waals surface area contributed by atoms with E-state index in [4.69, 9.17) is 0 Å². The molecule has 0 fully saturated rings. The fraction of sp³-hybridized carbons (Fsp3) is 0.200. The van der Waals surface area contributed by atoms with Gasteiger partial charge in [0.05, 0.1) is 0 Å². The van der Waals surface area contributed by atoms with Crippen molar-refractivity contribution in [1.29, 1.82) is 0 Å². The van der Waals surface area contributed by atoms with Gasteiger partial charge in [-0.2, -0.15) is 0 Å². The molecule has 0 spiro atoms. The second kappa shape index (κ2) is 7.59. The van der Waals surface area contributed by atoms with E-state index in [1.165, 1.54) is 16.7 Å². The minimum Gasteiger partial charge on any atom is -0.370 e. The maximum atomic E-state index is 4.30. The molecule has 0 amide bonds. The van der Waals surface area contributed by atoms with Crippen LogP contribution in [0, 0.1) is 13.8 Å². The zero-order valence-electron chi connectivity index (χ0n) is 14.1. The van der Waals surface area contributed by atoms with Gasteiger partial charge >= 0.3 is 0 Å². The number of nitrogens with zero attached hydrogens (tertiary/aromatic N) is 2. The highest BCUT2D eigenvalue weighted by molar-refractivity contribution is 5.62. The van der Waals surface area contributed by atoms with Gasteiger partial charge in [0, 0.05) is 18.3 Å². The SMILES string of the molecule is Cc1ccc(Nc2cc(NCCc3ccccc3)ncn2)c(C)c1. The van der Waals surface area contributed by atoms with Crippen LogP contribution in [0.1, 0.15) is 16.7 Å². The van der Waals surface area contributed by atoms with Crippen molar-refractivity contribution in [2.45, 2.75) is 20.3 Å². The Kier molecular flexibility index (Phi) is 5.06. The van der Waals surface area contributed by atoms with Crippen LogP contribution in [0.2, 0.25) is 0 Å². The molecule has 122 valence electrons. The number of rotatable bonds is 6. The standard InChI is InChI=1S/C20H22N4/c1-15-8-9-18(16(2)12-15)24-20-13-19(22-14-23-20)21-11-10-17-6-4-3-5-7-17/h3-9,12-14H,10-11H2,1-2H3,(H2,21,22,23,24). The summed E-state index contributed by atoms with van der Waals surface area (Å²) in [5, 5.41) is 6.71. The van der Waals surface area contributed by atoms with Crippen molar-refractivity contribution in [3.8, 4) is 0 Å². The molecule has 0 radical (unpaired) electrons. The van der Waals surface area contributed by atoms with Crippen LogP contribution in [0.4, 0.5) is 17.3 Å². The first kappa shape index (κ1) is 16.0. The Hall–Kier alpha value is -2.88. The molecule has 1 heterocycles. The summed E-state index contributed by atoms with van der Waals surface area (Å²) in [6.07, 6.45) is 2.54. The van der Waals surface area contributed by atoms with Crippen molar-refractivity contribution >= 4 is 17.3 Å². The summed E-state index contributed by atoms with van der Waals surface area (Å²) in [7, 11) is 0. The van der Waals surface area contributed by atoms with Crippen molar-refractivity contribution in [3.63, 3.8) is 0 Å². The lowest BCUT2D eigenvalue weighted by Gasteiger charge is -2.11. The number of hydrogen-bond acceptors (Lipinski definition) is 4. The molecule has 0 bridgehead atoms. The molecular formula is C20H22N4. The highest BCUT2D eigenvalue weighted by Gasteiger charge is 2.02. The molecule has 0 unspecified atom stereocenters. The van der Waals surface area contributed by atoms with Gasteiger partial charge in [0.15, 0.2) is 0 Å². The van der Waals surface area contributed by atoms with Gasteiger partial charge in [-0.3, -0.25) is 0 Å². The minimum absolute atomic E-state index is 0.791. The second-order valence-electron chi connectivity index (χ2n) is 5.89. The monoisotopic (exact) mass is 318 g/mol. The van der Waals surface area contributed by atoms with Crippen molar-refractivity contribution in [2.75, 3.05) is 17.2 Å². The van der Waals surface area contributed by atoms with Gasteiger partial charge in [0.25, 0.3) is 0 Å². The Balaban J connectivity index is 1.61. The van der Waals surface area contributed by atoms with Crippen molar-refractivity contribution in [2.24, 2.45) is 0 Å². The van der Waals surface area contributed by atoms with E-state index in [1.54, 1.807) is 6.33 Å². The third-order valence-electron chi connectivity index (χ3n) is 3.87. The smallest absolute Gasteiger partial charge is 0.135 e. The molecule has 0 saturated carbocycles. The molecule has 1 aromatic heterocycles. The molecule has 3 aromatic rings. The number of aryl methyl sites for hydroxylation is 2. The average molecular weight is 318 g/mol. The summed E-state index contributed by atoms with van der Waals surface area (Å²) in [5.74, 6) is 1.62. The molecule has 2 aromatic carbocycles. The topological polar surface area (TPSA) is 49.8 Å². The van der Waals surface area contributed by atoms with E-state index in [1.807, 2.05) is 12.1 Å². The Morgan fingerprint density at radius 3 is 2.46 bits per heavy atom. The normalized spacial score (nSPS) is 10.4. The largest absolute Gasteiger partial charge is 0.370 e. The lowest BCUT2D eigenvalue weighted by atomic mass is 10.1. The summed E-state index contributed by atoms with van der Waals surface area (Å²) in [5.41, 5.74) is 4.83. The highest BCUT2D eigenvalue weighted by Crippen LogP contribution is 2.21. The molecule has 0 atom stereocenters. The van der Waals surface area contributed by atoms with E-state index in [-0.39, 0.29) is 0 Å². The van der Waals surface area contributed by atoms with Gasteiger partial charge in [-0.25, -0.2) is 9.97 Å². The quantitative estimate of drug-likeness (QED) is 0.703. The van der Waals surface area contributed by atoms with Crippen molar-refractivity contribution < 1.29 is 0 Å². The van der Waals surface area contributed by atoms with Gasteiger partial charge < -0.3 is 10.6 Å². The van der Waals surface area contributed by atoms with Gasteiger partial charge in [-0.15, -0.1) is 0 Å². The van der Waals surface area contributed by atoms with Crippen LogP contribution in [-0.2, 0) is 6.42 Å². The number of aromatic nitrogens is 2. The van der Waals surface area contributed by atoms with E-state index in [0.717, 1.165) is 30.3 Å².